The summed E-state index contributed by atoms with van der Waals surface area (Å²) < 4.78 is 4.84. The fraction of sp³-hybridized carbons (Fsp3) is 0.350. The van der Waals surface area contributed by atoms with Gasteiger partial charge in [0, 0.05) is 11.4 Å². The number of methoxy groups -OCH3 is 1. The van der Waals surface area contributed by atoms with Crippen LogP contribution in [0, 0.1) is 13.8 Å². The summed E-state index contributed by atoms with van der Waals surface area (Å²) in [5.41, 5.74) is 8.88. The molecule has 2 heterocycles. The summed E-state index contributed by atoms with van der Waals surface area (Å²) in [5, 5.41) is 3.26. The quantitative estimate of drug-likeness (QED) is 0.746. The minimum Gasteiger partial charge on any atom is -0.465 e. The number of nitrogens with two attached hydrogens (primary N) is 1. The summed E-state index contributed by atoms with van der Waals surface area (Å²) in [7, 11) is 1.31. The fourth-order valence-electron chi connectivity index (χ4n) is 3.44. The van der Waals surface area contributed by atoms with E-state index >= 15 is 0 Å². The van der Waals surface area contributed by atoms with Gasteiger partial charge in [0.2, 0.25) is 11.8 Å². The molecule has 0 bridgehead atoms. The third-order valence-corrected chi connectivity index (χ3v) is 6.17. The van der Waals surface area contributed by atoms with Crippen molar-refractivity contribution in [2.45, 2.75) is 32.9 Å². The van der Waals surface area contributed by atoms with E-state index < -0.39 is 17.9 Å². The molecule has 0 spiro atoms. The molecule has 1 atom stereocenters. The molecule has 0 fully saturated rings. The van der Waals surface area contributed by atoms with Gasteiger partial charge in [-0.2, -0.15) is 0 Å². The molecule has 7 nitrogen and oxygen atoms in total. The number of primary amides is 1. The Morgan fingerprint density at radius 3 is 2.57 bits per heavy atom. The number of ether oxygens (including phenoxy) is 1. The van der Waals surface area contributed by atoms with Gasteiger partial charge < -0.3 is 15.8 Å². The molecule has 2 amide bonds. The van der Waals surface area contributed by atoms with Gasteiger partial charge in [0.25, 0.3) is 0 Å². The second-order valence-electron chi connectivity index (χ2n) is 6.82. The van der Waals surface area contributed by atoms with Crippen molar-refractivity contribution in [1.29, 1.82) is 0 Å². The average molecular weight is 401 g/mol. The molecular formula is C20H23N3O4S. The molecular weight excluding hydrogens is 378 g/mol. The van der Waals surface area contributed by atoms with Crippen LogP contribution in [0.15, 0.2) is 24.3 Å². The van der Waals surface area contributed by atoms with E-state index in [4.69, 9.17) is 10.5 Å². The Balaban J connectivity index is 1.78. The van der Waals surface area contributed by atoms with Crippen LogP contribution in [0.4, 0.5) is 5.00 Å². The predicted molar refractivity (Wildman–Crippen MR) is 107 cm³/mol. The molecule has 28 heavy (non-hydrogen) atoms. The minimum absolute atomic E-state index is 0.00144. The van der Waals surface area contributed by atoms with Gasteiger partial charge in [-0.25, -0.2) is 4.79 Å². The van der Waals surface area contributed by atoms with Crippen molar-refractivity contribution in [3.8, 4) is 0 Å². The summed E-state index contributed by atoms with van der Waals surface area (Å²) in [4.78, 5) is 39.4. The number of carbonyl (C=O) groups is 3. The summed E-state index contributed by atoms with van der Waals surface area (Å²) in [6.07, 6.45) is 0.476. The SMILES string of the molecule is COC(=O)c1c(NC(=O)CN2Cc3ccccc3CC2C(N)=O)sc(C)c1C. The molecule has 1 aromatic carbocycles. The highest BCUT2D eigenvalue weighted by Gasteiger charge is 2.31. The topological polar surface area (TPSA) is 102 Å². The number of nitrogens with one attached hydrogen (secondary N) is 1. The van der Waals surface area contributed by atoms with Crippen molar-refractivity contribution < 1.29 is 19.1 Å². The lowest BCUT2D eigenvalue weighted by Gasteiger charge is -2.34. The van der Waals surface area contributed by atoms with E-state index in [1.807, 2.05) is 38.1 Å². The first kappa shape index (κ1) is 20.0. The van der Waals surface area contributed by atoms with Gasteiger partial charge in [-0.1, -0.05) is 24.3 Å². The molecule has 1 unspecified atom stereocenters. The number of carbonyl (C=O) groups excluding carboxylic acids is 3. The van der Waals surface area contributed by atoms with Crippen molar-refractivity contribution >= 4 is 34.1 Å². The first-order chi connectivity index (χ1) is 13.3. The van der Waals surface area contributed by atoms with Gasteiger partial charge in [0.05, 0.1) is 25.3 Å². The van der Waals surface area contributed by atoms with E-state index in [0.717, 1.165) is 21.6 Å². The Morgan fingerprint density at radius 2 is 1.93 bits per heavy atom. The zero-order chi connectivity index (χ0) is 20.4. The number of rotatable bonds is 5. The number of aryl methyl sites for hydroxylation is 1. The molecule has 3 N–H and O–H groups in total. The summed E-state index contributed by atoms with van der Waals surface area (Å²) in [5.74, 6) is -1.25. The van der Waals surface area contributed by atoms with Crippen molar-refractivity contribution in [3.63, 3.8) is 0 Å². The van der Waals surface area contributed by atoms with Crippen LogP contribution in [-0.2, 0) is 27.3 Å². The van der Waals surface area contributed by atoms with E-state index in [1.54, 1.807) is 4.90 Å². The number of fused-ring (bicyclic) bond motifs is 1. The van der Waals surface area contributed by atoms with Gasteiger partial charge in [0.15, 0.2) is 0 Å². The number of benzene rings is 1. The molecule has 1 aliphatic heterocycles. The summed E-state index contributed by atoms with van der Waals surface area (Å²) in [6.45, 7) is 4.16. The molecule has 0 aliphatic carbocycles. The van der Waals surface area contributed by atoms with Gasteiger partial charge in [0.1, 0.15) is 5.00 Å². The molecule has 1 aromatic heterocycles. The zero-order valence-corrected chi connectivity index (χ0v) is 16.9. The molecule has 0 saturated heterocycles. The Hall–Kier alpha value is -2.71. The predicted octanol–water partition coefficient (Wildman–Crippen LogP) is 2.00. The third kappa shape index (κ3) is 3.93. The normalized spacial score (nSPS) is 16.3. The van der Waals surface area contributed by atoms with E-state index in [2.05, 4.69) is 5.32 Å². The van der Waals surface area contributed by atoms with Gasteiger partial charge in [-0.05, 0) is 37.0 Å². The Bertz CT molecular complexity index is 938. The fourth-order valence-corrected chi connectivity index (χ4v) is 4.50. The van der Waals surface area contributed by atoms with E-state index in [-0.39, 0.29) is 12.5 Å². The molecule has 1 aliphatic rings. The number of esters is 1. The second-order valence-corrected chi connectivity index (χ2v) is 8.05. The third-order valence-electron chi connectivity index (χ3n) is 5.05. The van der Waals surface area contributed by atoms with Gasteiger partial charge in [-0.3, -0.25) is 14.5 Å². The highest BCUT2D eigenvalue weighted by molar-refractivity contribution is 7.16. The van der Waals surface area contributed by atoms with Crippen molar-refractivity contribution in [3.05, 3.63) is 51.4 Å². The number of hydrogen-bond acceptors (Lipinski definition) is 6. The van der Waals surface area contributed by atoms with Crippen LogP contribution in [-0.4, -0.2) is 42.4 Å². The maximum absolute atomic E-state index is 12.7. The zero-order valence-electron chi connectivity index (χ0n) is 16.1. The number of anilines is 1. The molecule has 3 rings (SSSR count). The van der Waals surface area contributed by atoms with Crippen molar-refractivity contribution in [1.82, 2.24) is 4.90 Å². The van der Waals surface area contributed by atoms with Crippen LogP contribution in [0.25, 0.3) is 0 Å². The first-order valence-corrected chi connectivity index (χ1v) is 9.71. The van der Waals surface area contributed by atoms with Crippen LogP contribution in [0.1, 0.15) is 31.9 Å². The molecule has 0 saturated carbocycles. The minimum atomic E-state index is -0.549. The monoisotopic (exact) mass is 401 g/mol. The number of thiophene rings is 1. The van der Waals surface area contributed by atoms with Crippen LogP contribution < -0.4 is 11.1 Å². The molecule has 2 aromatic rings. The van der Waals surface area contributed by atoms with Crippen LogP contribution in [0.2, 0.25) is 0 Å². The van der Waals surface area contributed by atoms with E-state index in [0.29, 0.717) is 23.5 Å². The summed E-state index contributed by atoms with van der Waals surface area (Å²) in [6, 6.07) is 7.27. The smallest absolute Gasteiger partial charge is 0.341 e. The molecule has 148 valence electrons. The Labute approximate surface area is 167 Å². The number of nitrogens with zero attached hydrogens (tertiary/aromatic N) is 1. The maximum atomic E-state index is 12.7. The molecule has 0 radical (unpaired) electrons. The van der Waals surface area contributed by atoms with E-state index in [1.165, 1.54) is 18.4 Å². The van der Waals surface area contributed by atoms with Crippen LogP contribution >= 0.6 is 11.3 Å². The van der Waals surface area contributed by atoms with Crippen LogP contribution in [0.3, 0.4) is 0 Å². The maximum Gasteiger partial charge on any atom is 0.341 e. The average Bonchev–Trinajstić information content (AvgIpc) is 2.93. The first-order valence-electron chi connectivity index (χ1n) is 8.90. The summed E-state index contributed by atoms with van der Waals surface area (Å²) >= 11 is 1.33. The number of amides is 2. The van der Waals surface area contributed by atoms with Gasteiger partial charge >= 0.3 is 5.97 Å². The lowest BCUT2D eigenvalue weighted by atomic mass is 9.93. The highest BCUT2D eigenvalue weighted by Crippen LogP contribution is 2.33. The molecule has 8 heteroatoms. The highest BCUT2D eigenvalue weighted by atomic mass is 32.1. The Morgan fingerprint density at radius 1 is 1.25 bits per heavy atom. The second kappa shape index (κ2) is 8.12. The van der Waals surface area contributed by atoms with E-state index in [9.17, 15) is 14.4 Å². The lowest BCUT2D eigenvalue weighted by molar-refractivity contribution is -0.125. The van der Waals surface area contributed by atoms with Crippen LogP contribution in [0.5, 0.6) is 0 Å². The largest absolute Gasteiger partial charge is 0.465 e. The number of hydrogen-bond donors (Lipinski definition) is 2. The standard InChI is InChI=1S/C20H23N3O4S/c1-11-12(2)28-19(17(11)20(26)27-3)22-16(24)10-23-9-14-7-5-4-6-13(14)8-15(23)18(21)25/h4-7,15H,8-10H2,1-3H3,(H2,21,25)(H,22,24). The van der Waals surface area contributed by atoms with Gasteiger partial charge in [-0.15, -0.1) is 11.3 Å². The lowest BCUT2D eigenvalue weighted by Crippen LogP contribution is -2.50. The van der Waals surface area contributed by atoms with Crippen molar-refractivity contribution in [2.24, 2.45) is 5.73 Å². The van der Waals surface area contributed by atoms with Crippen molar-refractivity contribution in [2.75, 3.05) is 19.0 Å². The Kier molecular flexibility index (Phi) is 5.81.